The minimum absolute atomic E-state index is 0.413. The van der Waals surface area contributed by atoms with Crippen molar-refractivity contribution in [3.8, 4) is 0 Å². The minimum atomic E-state index is -3.42. The second-order valence-corrected chi connectivity index (χ2v) is 45.9. The molecule has 1 aromatic rings. The summed E-state index contributed by atoms with van der Waals surface area (Å²) >= 11 is 78.8. The van der Waals surface area contributed by atoms with Gasteiger partial charge in [-0.15, -0.1) is 0 Å². The number of hydrogen-bond donors (Lipinski definition) is 0. The summed E-state index contributed by atoms with van der Waals surface area (Å²) < 4.78 is 44.7. The molecule has 0 amide bonds. The summed E-state index contributed by atoms with van der Waals surface area (Å²) in [5.74, 6) is -20.5. The normalized spacial score (nSPS) is 32.5. The van der Waals surface area contributed by atoms with Gasteiger partial charge in [-0.05, 0) is 146 Å². The first-order valence-electron chi connectivity index (χ1n) is 13.5. The highest BCUT2D eigenvalue weighted by Crippen LogP contribution is 2.89. The van der Waals surface area contributed by atoms with Gasteiger partial charge in [-0.1, -0.05) is 38.1 Å². The molecular formula is C16H26Cl12N12P8. The van der Waals surface area contributed by atoms with E-state index in [4.69, 9.17) is 153 Å². The Bertz CT molecular complexity index is 1800. The van der Waals surface area contributed by atoms with Crippen LogP contribution in [0.3, 0.4) is 0 Å². The molecule has 1 aromatic carbocycles. The summed E-state index contributed by atoms with van der Waals surface area (Å²) in [4.78, 5) is 0. The van der Waals surface area contributed by atoms with Crippen LogP contribution in [0.4, 0.5) is 0 Å². The van der Waals surface area contributed by atoms with Crippen molar-refractivity contribution < 1.29 is 0 Å². The van der Waals surface area contributed by atoms with Crippen LogP contribution in [0.15, 0.2) is 60.4 Å². The van der Waals surface area contributed by atoms with Crippen molar-refractivity contribution in [2.24, 2.45) is 36.1 Å². The minimum Gasteiger partial charge on any atom is -0.239 e. The second-order valence-electron chi connectivity index (χ2n) is 10.2. The molecule has 0 aromatic heterocycles. The number of nitrogens with zero attached hydrogens (tertiary/aromatic N) is 12. The van der Waals surface area contributed by atoms with Gasteiger partial charge in [0.2, 0.25) is 15.0 Å². The molecule has 0 radical (unpaired) electrons. The Hall–Kier alpha value is 4.38. The number of halogens is 12. The van der Waals surface area contributed by atoms with Crippen LogP contribution in [-0.4, -0.2) is 58.0 Å². The lowest BCUT2D eigenvalue weighted by molar-refractivity contribution is 0.463. The lowest BCUT2D eigenvalue weighted by Crippen LogP contribution is -2.19. The zero-order chi connectivity index (χ0) is 35.6. The smallest absolute Gasteiger partial charge is 0.239 e. The van der Waals surface area contributed by atoms with Crippen LogP contribution in [0.2, 0.25) is 0 Å². The topological polar surface area (TPSA) is 112 Å². The van der Waals surface area contributed by atoms with Gasteiger partial charge in [0.05, 0.1) is 0 Å². The Morgan fingerprint density at radius 1 is 0.458 bits per heavy atom. The molecule has 2 spiro atoms. The van der Waals surface area contributed by atoms with Crippen molar-refractivity contribution in [3.63, 3.8) is 0 Å². The van der Waals surface area contributed by atoms with E-state index in [1.165, 1.54) is 0 Å². The van der Waals surface area contributed by atoms with Crippen LogP contribution in [0, 0.1) is 0 Å². The van der Waals surface area contributed by atoms with Crippen molar-refractivity contribution in [2.45, 2.75) is 26.9 Å². The number of likely N-dealkylation sites (N-methyl/N-ethyl adjacent to an activating group) is 2. The highest BCUT2D eigenvalue weighted by atomic mass is 35.9. The molecule has 0 aliphatic carbocycles. The summed E-state index contributed by atoms with van der Waals surface area (Å²) in [5, 5.41) is 0. The molecule has 12 nitrogen and oxygen atoms in total. The largest absolute Gasteiger partial charge is 0.257 e. The first kappa shape index (κ1) is 43.5. The third-order valence-electron chi connectivity index (χ3n) is 6.97. The molecule has 5 rings (SSSR count). The first-order valence-corrected chi connectivity index (χ1v) is 37.7. The lowest BCUT2D eigenvalue weighted by Gasteiger charge is -2.34. The van der Waals surface area contributed by atoms with Crippen molar-refractivity contribution in [3.05, 3.63) is 35.4 Å². The Labute approximate surface area is 338 Å². The van der Waals surface area contributed by atoms with Gasteiger partial charge >= 0.3 is 0 Å². The van der Waals surface area contributed by atoms with Crippen molar-refractivity contribution in [1.82, 2.24) is 18.7 Å². The summed E-state index contributed by atoms with van der Waals surface area (Å²) in [5.41, 5.74) is 1.90. The molecule has 32 heteroatoms. The van der Waals surface area contributed by atoms with Gasteiger partial charge < -0.3 is 0 Å². The molecular weight excluding hydrogens is 1030 g/mol. The van der Waals surface area contributed by atoms with Gasteiger partial charge in [0.15, 0.2) is 0 Å². The number of rotatable bonds is 6. The van der Waals surface area contributed by atoms with Crippen LogP contribution in [0.25, 0.3) is 0 Å². The molecule has 4 aliphatic heterocycles. The summed E-state index contributed by atoms with van der Waals surface area (Å²) in [6.07, 6.45) is 0. The average molecular weight is 1060 g/mol. The maximum absolute atomic E-state index is 6.68. The zero-order valence-electron chi connectivity index (χ0n) is 24.4. The molecule has 2 atom stereocenters. The van der Waals surface area contributed by atoms with Crippen molar-refractivity contribution >= 4 is 185 Å². The van der Waals surface area contributed by atoms with E-state index in [9.17, 15) is 0 Å². The predicted octanol–water partition coefficient (Wildman–Crippen LogP) is 18.4. The third-order valence-corrected chi connectivity index (χ3v) is 40.4. The van der Waals surface area contributed by atoms with E-state index in [0.717, 1.165) is 11.1 Å². The molecule has 0 N–H and O–H groups in total. The fourth-order valence-electron chi connectivity index (χ4n) is 5.34. The Balaban J connectivity index is 1.55. The quantitative estimate of drug-likeness (QED) is 0.264. The van der Waals surface area contributed by atoms with Gasteiger partial charge in [0, 0.05) is 52.4 Å². The van der Waals surface area contributed by atoms with Gasteiger partial charge in [-0.3, -0.25) is 0 Å². The predicted molar refractivity (Wildman–Crippen MR) is 227 cm³/mol. The van der Waals surface area contributed by atoms with Gasteiger partial charge in [0.25, 0.3) is 35.5 Å². The van der Waals surface area contributed by atoms with Crippen LogP contribution < -0.4 is 0 Å². The highest BCUT2D eigenvalue weighted by Gasteiger charge is 2.46. The van der Waals surface area contributed by atoms with Crippen molar-refractivity contribution in [2.75, 3.05) is 39.3 Å². The Morgan fingerprint density at radius 2 is 0.750 bits per heavy atom. The lowest BCUT2D eigenvalue weighted by atomic mass is 10.1. The molecule has 0 saturated carbocycles. The van der Waals surface area contributed by atoms with Gasteiger partial charge in [0.1, 0.15) is 0 Å². The van der Waals surface area contributed by atoms with E-state index in [0.29, 0.717) is 52.4 Å². The van der Waals surface area contributed by atoms with Gasteiger partial charge in [-0.2, -0.15) is 36.1 Å². The van der Waals surface area contributed by atoms with Gasteiger partial charge in [-0.25, -0.2) is 18.7 Å². The van der Waals surface area contributed by atoms with E-state index in [-0.39, 0.29) is 0 Å². The summed E-state index contributed by atoms with van der Waals surface area (Å²) in [6, 6.07) is 8.02. The Kier molecular flexibility index (Phi) is 14.5. The third kappa shape index (κ3) is 10.5. The molecule has 2 unspecified atom stereocenters. The number of hydrogen-bond acceptors (Lipinski definition) is 12. The molecule has 274 valence electrons. The molecule has 48 heavy (non-hydrogen) atoms. The highest BCUT2D eigenvalue weighted by molar-refractivity contribution is 8.24. The fraction of sp³-hybridized carbons (Fsp3) is 0.625. The van der Waals surface area contributed by atoms with E-state index >= 15 is 0 Å². The average Bonchev–Trinajstić information content (AvgIpc) is 3.34. The zero-order valence-corrected chi connectivity index (χ0v) is 40.7. The molecule has 2 saturated heterocycles. The van der Waals surface area contributed by atoms with Crippen LogP contribution >= 0.6 is 185 Å². The van der Waals surface area contributed by atoms with E-state index in [2.05, 4.69) is 42.8 Å². The maximum atomic E-state index is 6.68. The molecule has 2 fully saturated rings. The summed E-state index contributed by atoms with van der Waals surface area (Å²) in [7, 11) is -6.12. The molecule has 4 heterocycles. The monoisotopic (exact) mass is 1050 g/mol. The van der Waals surface area contributed by atoms with E-state index in [1.807, 2.05) is 32.0 Å². The maximum Gasteiger partial charge on any atom is 0.257 e. The second kappa shape index (κ2) is 16.0. The van der Waals surface area contributed by atoms with Crippen LogP contribution in [0.5, 0.6) is 0 Å². The molecule has 0 bridgehead atoms. The van der Waals surface area contributed by atoms with E-state index in [1.54, 1.807) is 0 Å². The fourth-order valence-corrected chi connectivity index (χ4v) is 50.7. The van der Waals surface area contributed by atoms with Crippen LogP contribution in [0.1, 0.15) is 25.0 Å². The standard InChI is InChI=1S/C16H26Cl12N12P8/c1-3-37-8-10-39(47(37)33-43(21,22)29-41(17,18)30-44(23,24)34-47)13-15-6-5-7-16(12-15)14-40-11-9-38(4-2)48(40)35-45(25,26)31-42(19,20)32-46(27,28)36-48/h5-7,12H,3-4,8-11,13-14H2,1-2H3. The summed E-state index contributed by atoms with van der Waals surface area (Å²) in [6.45, 7) is 8.34. The molecule has 4 aliphatic rings. The SMILES string of the molecule is CCN1CCN(Cc2cccc(CN3CCN(CC)P34=NP(Cl)(Cl)=NP(Cl)(Cl)=NP(Cl)(Cl)=N4)c2)P12=NP(Cl)(Cl)=NP(Cl)(Cl)=NP(Cl)(Cl)=N2. The first-order chi connectivity index (χ1) is 21.9. The van der Waals surface area contributed by atoms with E-state index < -0.39 is 50.5 Å². The Morgan fingerprint density at radius 3 is 1.08 bits per heavy atom. The number of benzene rings is 1. The van der Waals surface area contributed by atoms with Crippen LogP contribution in [-0.2, 0) is 13.1 Å². The van der Waals surface area contributed by atoms with Crippen molar-refractivity contribution in [1.29, 1.82) is 0 Å².